The standard InChI is InChI=1S/C15H18ClN3/c16-14-3-1-2-13(10-17)15(14)19-8-6-18(7-9-19)11-12-4-5-12/h1-3,12H,4-9,11H2. The second-order valence-electron chi connectivity index (χ2n) is 5.48. The van der Waals surface area contributed by atoms with Crippen LogP contribution in [-0.2, 0) is 0 Å². The highest BCUT2D eigenvalue weighted by Gasteiger charge is 2.27. The molecule has 1 heterocycles. The summed E-state index contributed by atoms with van der Waals surface area (Å²) in [6, 6.07) is 7.80. The second kappa shape index (κ2) is 5.40. The lowest BCUT2D eigenvalue weighted by molar-refractivity contribution is 0.248. The summed E-state index contributed by atoms with van der Waals surface area (Å²) in [5.74, 6) is 0.946. The molecule has 100 valence electrons. The zero-order valence-electron chi connectivity index (χ0n) is 11.0. The van der Waals surface area contributed by atoms with E-state index >= 15 is 0 Å². The van der Waals surface area contributed by atoms with Crippen LogP contribution in [0.25, 0.3) is 0 Å². The molecule has 1 aromatic rings. The molecule has 2 aliphatic rings. The normalized spacial score (nSPS) is 20.3. The van der Waals surface area contributed by atoms with E-state index in [2.05, 4.69) is 15.9 Å². The van der Waals surface area contributed by atoms with Crippen LogP contribution in [0, 0.1) is 17.2 Å². The van der Waals surface area contributed by atoms with Crippen LogP contribution in [-0.4, -0.2) is 37.6 Å². The number of rotatable bonds is 3. The average Bonchev–Trinajstić information content (AvgIpc) is 3.23. The number of para-hydroxylation sites is 1. The summed E-state index contributed by atoms with van der Waals surface area (Å²) in [6.45, 7) is 5.33. The Kier molecular flexibility index (Phi) is 3.63. The summed E-state index contributed by atoms with van der Waals surface area (Å²) in [5.41, 5.74) is 1.60. The molecule has 0 amide bonds. The van der Waals surface area contributed by atoms with E-state index in [1.807, 2.05) is 18.2 Å². The molecule has 1 saturated heterocycles. The van der Waals surface area contributed by atoms with Crippen LogP contribution >= 0.6 is 11.6 Å². The summed E-state index contributed by atoms with van der Waals surface area (Å²) in [6.07, 6.45) is 2.81. The van der Waals surface area contributed by atoms with Crippen LogP contribution < -0.4 is 4.90 Å². The van der Waals surface area contributed by atoms with E-state index in [9.17, 15) is 5.26 Å². The van der Waals surface area contributed by atoms with Crippen molar-refractivity contribution in [2.75, 3.05) is 37.6 Å². The molecular weight excluding hydrogens is 258 g/mol. The van der Waals surface area contributed by atoms with Gasteiger partial charge in [-0.3, -0.25) is 4.90 Å². The van der Waals surface area contributed by atoms with Gasteiger partial charge in [0.15, 0.2) is 0 Å². The Morgan fingerprint density at radius 2 is 1.95 bits per heavy atom. The molecule has 1 saturated carbocycles. The highest BCUT2D eigenvalue weighted by Crippen LogP contribution is 2.32. The first-order valence-electron chi connectivity index (χ1n) is 6.94. The molecule has 0 aromatic heterocycles. The number of piperazine rings is 1. The van der Waals surface area contributed by atoms with Crippen LogP contribution in [0.1, 0.15) is 18.4 Å². The predicted molar refractivity (Wildman–Crippen MR) is 77.5 cm³/mol. The fourth-order valence-electron chi connectivity index (χ4n) is 2.75. The molecule has 1 aliphatic carbocycles. The van der Waals surface area contributed by atoms with Crippen molar-refractivity contribution in [3.63, 3.8) is 0 Å². The average molecular weight is 276 g/mol. The number of nitrogens with zero attached hydrogens (tertiary/aromatic N) is 3. The third-order valence-electron chi connectivity index (χ3n) is 4.01. The minimum Gasteiger partial charge on any atom is -0.367 e. The molecule has 0 bridgehead atoms. The molecule has 0 unspecified atom stereocenters. The monoisotopic (exact) mass is 275 g/mol. The fraction of sp³-hybridized carbons (Fsp3) is 0.533. The van der Waals surface area contributed by atoms with Gasteiger partial charge in [-0.2, -0.15) is 5.26 Å². The zero-order chi connectivity index (χ0) is 13.2. The molecule has 19 heavy (non-hydrogen) atoms. The first kappa shape index (κ1) is 12.8. The van der Waals surface area contributed by atoms with Crippen LogP contribution in [0.4, 0.5) is 5.69 Å². The number of hydrogen-bond acceptors (Lipinski definition) is 3. The largest absolute Gasteiger partial charge is 0.367 e. The molecule has 4 heteroatoms. The zero-order valence-corrected chi connectivity index (χ0v) is 11.7. The van der Waals surface area contributed by atoms with E-state index in [0.717, 1.165) is 37.8 Å². The number of anilines is 1. The summed E-state index contributed by atoms with van der Waals surface area (Å²) in [7, 11) is 0. The molecule has 3 nitrogen and oxygen atoms in total. The molecule has 1 aromatic carbocycles. The van der Waals surface area contributed by atoms with Crippen molar-refractivity contribution >= 4 is 17.3 Å². The first-order valence-corrected chi connectivity index (χ1v) is 7.31. The van der Waals surface area contributed by atoms with Crippen molar-refractivity contribution in [3.05, 3.63) is 28.8 Å². The number of halogens is 1. The Morgan fingerprint density at radius 1 is 1.21 bits per heavy atom. The maximum Gasteiger partial charge on any atom is 0.101 e. The van der Waals surface area contributed by atoms with E-state index in [-0.39, 0.29) is 0 Å². The predicted octanol–water partition coefficient (Wildman–Crippen LogP) is 2.74. The van der Waals surface area contributed by atoms with E-state index in [1.165, 1.54) is 19.4 Å². The van der Waals surface area contributed by atoms with Gasteiger partial charge in [0.05, 0.1) is 16.3 Å². The Morgan fingerprint density at radius 3 is 2.58 bits per heavy atom. The molecule has 0 radical (unpaired) electrons. The van der Waals surface area contributed by atoms with E-state index in [0.29, 0.717) is 10.6 Å². The van der Waals surface area contributed by atoms with Crippen molar-refractivity contribution in [2.45, 2.75) is 12.8 Å². The van der Waals surface area contributed by atoms with Gasteiger partial charge in [0.2, 0.25) is 0 Å². The van der Waals surface area contributed by atoms with Gasteiger partial charge >= 0.3 is 0 Å². The fourth-order valence-corrected chi connectivity index (χ4v) is 3.04. The van der Waals surface area contributed by atoms with Crippen molar-refractivity contribution in [1.29, 1.82) is 5.26 Å². The van der Waals surface area contributed by atoms with Gasteiger partial charge in [-0.05, 0) is 30.9 Å². The smallest absolute Gasteiger partial charge is 0.101 e. The molecule has 0 spiro atoms. The topological polar surface area (TPSA) is 30.3 Å². The van der Waals surface area contributed by atoms with Gasteiger partial charge < -0.3 is 4.90 Å². The first-order chi connectivity index (χ1) is 9.28. The summed E-state index contributed by atoms with van der Waals surface area (Å²) < 4.78 is 0. The number of benzene rings is 1. The Balaban J connectivity index is 1.69. The second-order valence-corrected chi connectivity index (χ2v) is 5.89. The summed E-state index contributed by atoms with van der Waals surface area (Å²) in [4.78, 5) is 4.79. The van der Waals surface area contributed by atoms with Gasteiger partial charge in [-0.1, -0.05) is 17.7 Å². The Hall–Kier alpha value is -1.24. The van der Waals surface area contributed by atoms with E-state index in [4.69, 9.17) is 11.6 Å². The minimum atomic E-state index is 0.683. The van der Waals surface area contributed by atoms with Gasteiger partial charge in [0.1, 0.15) is 6.07 Å². The maximum atomic E-state index is 9.21. The van der Waals surface area contributed by atoms with Crippen molar-refractivity contribution < 1.29 is 0 Å². The third kappa shape index (κ3) is 2.86. The molecule has 2 fully saturated rings. The molecule has 0 N–H and O–H groups in total. The quantitative estimate of drug-likeness (QED) is 0.850. The number of nitriles is 1. The lowest BCUT2D eigenvalue weighted by atomic mass is 10.1. The van der Waals surface area contributed by atoms with E-state index in [1.54, 1.807) is 0 Å². The Bertz CT molecular complexity index is 497. The van der Waals surface area contributed by atoms with E-state index < -0.39 is 0 Å². The summed E-state index contributed by atoms with van der Waals surface area (Å²) >= 11 is 6.27. The minimum absolute atomic E-state index is 0.683. The molecule has 0 atom stereocenters. The SMILES string of the molecule is N#Cc1cccc(Cl)c1N1CCN(CC2CC2)CC1. The van der Waals surface area contributed by atoms with Gasteiger partial charge in [-0.15, -0.1) is 0 Å². The number of hydrogen-bond donors (Lipinski definition) is 0. The van der Waals surface area contributed by atoms with Crippen molar-refractivity contribution in [1.82, 2.24) is 4.90 Å². The van der Waals surface area contributed by atoms with Crippen molar-refractivity contribution in [2.24, 2.45) is 5.92 Å². The van der Waals surface area contributed by atoms with Gasteiger partial charge in [-0.25, -0.2) is 0 Å². The van der Waals surface area contributed by atoms with Crippen molar-refractivity contribution in [3.8, 4) is 6.07 Å². The molecule has 1 aliphatic heterocycles. The third-order valence-corrected chi connectivity index (χ3v) is 4.31. The lowest BCUT2D eigenvalue weighted by Crippen LogP contribution is -2.47. The molecule has 3 rings (SSSR count). The molecular formula is C15H18ClN3. The Labute approximate surface area is 119 Å². The maximum absolute atomic E-state index is 9.21. The summed E-state index contributed by atoms with van der Waals surface area (Å²) in [5, 5.41) is 9.90. The van der Waals surface area contributed by atoms with Crippen LogP contribution in [0.15, 0.2) is 18.2 Å². The highest BCUT2D eigenvalue weighted by atomic mass is 35.5. The lowest BCUT2D eigenvalue weighted by Gasteiger charge is -2.36. The van der Waals surface area contributed by atoms with Crippen LogP contribution in [0.5, 0.6) is 0 Å². The van der Waals surface area contributed by atoms with Gasteiger partial charge in [0, 0.05) is 32.7 Å². The van der Waals surface area contributed by atoms with Crippen LogP contribution in [0.2, 0.25) is 5.02 Å². The van der Waals surface area contributed by atoms with Gasteiger partial charge in [0.25, 0.3) is 0 Å². The van der Waals surface area contributed by atoms with Crippen LogP contribution in [0.3, 0.4) is 0 Å². The highest BCUT2D eigenvalue weighted by molar-refractivity contribution is 6.33.